The van der Waals surface area contributed by atoms with Crippen molar-refractivity contribution in [1.82, 2.24) is 0 Å². The Morgan fingerprint density at radius 3 is 2.53 bits per heavy atom. The SMILES string of the molecule is CCCC.O=C(O)c1cccc(NCC2COC2)c1. The fourth-order valence-corrected chi connectivity index (χ4v) is 1.43. The molecule has 0 atom stereocenters. The Balaban J connectivity index is 0.000000399. The Morgan fingerprint density at radius 2 is 2.05 bits per heavy atom. The van der Waals surface area contributed by atoms with Crippen molar-refractivity contribution >= 4 is 11.7 Å². The number of rotatable bonds is 5. The number of benzene rings is 1. The molecule has 1 aromatic rings. The fraction of sp³-hybridized carbons (Fsp3) is 0.533. The van der Waals surface area contributed by atoms with Crippen molar-refractivity contribution in [2.75, 3.05) is 25.1 Å². The Kier molecular flexibility index (Phi) is 6.97. The van der Waals surface area contributed by atoms with Gasteiger partial charge in [-0.1, -0.05) is 32.8 Å². The summed E-state index contributed by atoms with van der Waals surface area (Å²) in [5.74, 6) is -0.343. The van der Waals surface area contributed by atoms with E-state index in [0.717, 1.165) is 25.4 Å². The molecular formula is C15H23NO3. The predicted octanol–water partition coefficient (Wildman–Crippen LogP) is 3.25. The third-order valence-electron chi connectivity index (χ3n) is 2.91. The van der Waals surface area contributed by atoms with Gasteiger partial charge in [0.2, 0.25) is 0 Å². The zero-order valence-electron chi connectivity index (χ0n) is 11.7. The summed E-state index contributed by atoms with van der Waals surface area (Å²) in [4.78, 5) is 10.7. The van der Waals surface area contributed by atoms with Crippen molar-refractivity contribution in [1.29, 1.82) is 0 Å². The standard InChI is InChI=1S/C11H13NO3.C4H10/c13-11(14)9-2-1-3-10(4-9)12-5-8-6-15-7-8;1-3-4-2/h1-4,8,12H,5-7H2,(H,13,14);3-4H2,1-2H3. The minimum absolute atomic E-state index is 0.310. The summed E-state index contributed by atoms with van der Waals surface area (Å²) in [6.07, 6.45) is 2.64. The first-order valence-corrected chi connectivity index (χ1v) is 6.82. The number of nitrogens with one attached hydrogen (secondary N) is 1. The van der Waals surface area contributed by atoms with Gasteiger partial charge in [0.15, 0.2) is 0 Å². The maximum Gasteiger partial charge on any atom is 0.335 e. The summed E-state index contributed by atoms with van der Waals surface area (Å²) in [6.45, 7) is 6.79. The molecule has 1 aliphatic heterocycles. The molecule has 2 rings (SSSR count). The topological polar surface area (TPSA) is 58.6 Å². The molecule has 4 nitrogen and oxygen atoms in total. The Morgan fingerprint density at radius 1 is 1.37 bits per heavy atom. The lowest BCUT2D eigenvalue weighted by Gasteiger charge is -2.26. The molecule has 1 fully saturated rings. The normalized spacial score (nSPS) is 14.0. The highest BCUT2D eigenvalue weighted by molar-refractivity contribution is 5.88. The summed E-state index contributed by atoms with van der Waals surface area (Å²) in [7, 11) is 0. The van der Waals surface area contributed by atoms with E-state index in [1.165, 1.54) is 12.8 Å². The van der Waals surface area contributed by atoms with E-state index in [9.17, 15) is 4.79 Å². The van der Waals surface area contributed by atoms with Gasteiger partial charge in [-0.2, -0.15) is 0 Å². The van der Waals surface area contributed by atoms with Crippen LogP contribution in [-0.2, 0) is 4.74 Å². The summed E-state index contributed by atoms with van der Waals surface area (Å²) in [6, 6.07) is 6.83. The zero-order valence-corrected chi connectivity index (χ0v) is 11.7. The zero-order chi connectivity index (χ0) is 14.1. The maximum absolute atomic E-state index is 10.7. The first kappa shape index (κ1) is 15.5. The number of anilines is 1. The molecule has 0 bridgehead atoms. The molecule has 1 aromatic carbocycles. The molecule has 0 spiro atoms. The lowest BCUT2D eigenvalue weighted by atomic mass is 10.1. The van der Waals surface area contributed by atoms with Crippen molar-refractivity contribution in [2.45, 2.75) is 26.7 Å². The fourth-order valence-electron chi connectivity index (χ4n) is 1.43. The van der Waals surface area contributed by atoms with Crippen molar-refractivity contribution in [3.63, 3.8) is 0 Å². The second-order valence-electron chi connectivity index (χ2n) is 4.67. The first-order valence-electron chi connectivity index (χ1n) is 6.82. The number of hydrogen-bond donors (Lipinski definition) is 2. The van der Waals surface area contributed by atoms with Gasteiger partial charge >= 0.3 is 5.97 Å². The van der Waals surface area contributed by atoms with E-state index in [2.05, 4.69) is 19.2 Å². The molecule has 0 aliphatic carbocycles. The highest BCUT2D eigenvalue weighted by Gasteiger charge is 2.17. The van der Waals surface area contributed by atoms with Crippen LogP contribution in [0.1, 0.15) is 37.0 Å². The summed E-state index contributed by atoms with van der Waals surface area (Å²) >= 11 is 0. The third kappa shape index (κ3) is 5.75. The highest BCUT2D eigenvalue weighted by atomic mass is 16.5. The maximum atomic E-state index is 10.7. The van der Waals surface area contributed by atoms with Crippen LogP contribution in [0, 0.1) is 5.92 Å². The predicted molar refractivity (Wildman–Crippen MR) is 76.8 cm³/mol. The van der Waals surface area contributed by atoms with E-state index >= 15 is 0 Å². The van der Waals surface area contributed by atoms with Crippen LogP contribution in [-0.4, -0.2) is 30.8 Å². The molecular weight excluding hydrogens is 242 g/mol. The van der Waals surface area contributed by atoms with Gasteiger partial charge in [0.1, 0.15) is 0 Å². The molecule has 2 N–H and O–H groups in total. The monoisotopic (exact) mass is 265 g/mol. The molecule has 1 saturated heterocycles. The Bertz CT molecular complexity index is 387. The first-order chi connectivity index (χ1) is 9.17. The Labute approximate surface area is 114 Å². The highest BCUT2D eigenvalue weighted by Crippen LogP contribution is 2.14. The molecule has 0 radical (unpaired) electrons. The van der Waals surface area contributed by atoms with E-state index in [1.807, 2.05) is 6.07 Å². The van der Waals surface area contributed by atoms with Gasteiger partial charge in [0, 0.05) is 18.2 Å². The van der Waals surface area contributed by atoms with E-state index in [4.69, 9.17) is 9.84 Å². The second-order valence-corrected chi connectivity index (χ2v) is 4.67. The van der Waals surface area contributed by atoms with Gasteiger partial charge in [0.25, 0.3) is 0 Å². The van der Waals surface area contributed by atoms with Crippen LogP contribution in [0.5, 0.6) is 0 Å². The van der Waals surface area contributed by atoms with Gasteiger partial charge < -0.3 is 15.2 Å². The van der Waals surface area contributed by atoms with Crippen LogP contribution >= 0.6 is 0 Å². The minimum Gasteiger partial charge on any atom is -0.478 e. The van der Waals surface area contributed by atoms with Gasteiger partial charge in [-0.15, -0.1) is 0 Å². The lowest BCUT2D eigenvalue weighted by Crippen LogP contribution is -2.33. The smallest absolute Gasteiger partial charge is 0.335 e. The van der Waals surface area contributed by atoms with Crippen molar-refractivity contribution in [3.05, 3.63) is 29.8 Å². The molecule has 0 aromatic heterocycles. The number of aromatic carboxylic acids is 1. The van der Waals surface area contributed by atoms with Gasteiger partial charge in [0.05, 0.1) is 18.8 Å². The van der Waals surface area contributed by atoms with Gasteiger partial charge in [-0.25, -0.2) is 4.79 Å². The summed E-state index contributed by atoms with van der Waals surface area (Å²) < 4.78 is 5.05. The molecule has 106 valence electrons. The minimum atomic E-state index is -0.898. The number of carbonyl (C=O) groups is 1. The number of ether oxygens (including phenoxy) is 1. The Hall–Kier alpha value is -1.55. The van der Waals surface area contributed by atoms with Crippen LogP contribution < -0.4 is 5.32 Å². The largest absolute Gasteiger partial charge is 0.478 e. The van der Waals surface area contributed by atoms with Crippen molar-refractivity contribution < 1.29 is 14.6 Å². The molecule has 1 heterocycles. The lowest BCUT2D eigenvalue weighted by molar-refractivity contribution is -0.0248. The average molecular weight is 265 g/mol. The molecule has 4 heteroatoms. The molecule has 0 saturated carbocycles. The average Bonchev–Trinajstić information content (AvgIpc) is 2.37. The van der Waals surface area contributed by atoms with E-state index in [-0.39, 0.29) is 0 Å². The number of carboxylic acids is 1. The van der Waals surface area contributed by atoms with E-state index in [0.29, 0.717) is 11.5 Å². The van der Waals surface area contributed by atoms with Crippen LogP contribution in [0.25, 0.3) is 0 Å². The van der Waals surface area contributed by atoms with Gasteiger partial charge in [-0.05, 0) is 18.2 Å². The number of carboxylic acid groups (broad SMARTS) is 1. The summed E-state index contributed by atoms with van der Waals surface area (Å²) in [5, 5.41) is 12.0. The van der Waals surface area contributed by atoms with E-state index < -0.39 is 5.97 Å². The third-order valence-corrected chi connectivity index (χ3v) is 2.91. The second kappa shape index (κ2) is 8.53. The molecule has 0 unspecified atom stereocenters. The summed E-state index contributed by atoms with van der Waals surface area (Å²) in [5.41, 5.74) is 1.16. The van der Waals surface area contributed by atoms with Crippen LogP contribution in [0.4, 0.5) is 5.69 Å². The number of hydrogen-bond acceptors (Lipinski definition) is 3. The molecule has 19 heavy (non-hydrogen) atoms. The number of unbranched alkanes of at least 4 members (excludes halogenated alkanes) is 1. The van der Waals surface area contributed by atoms with Crippen LogP contribution in [0.3, 0.4) is 0 Å². The van der Waals surface area contributed by atoms with Crippen LogP contribution in [0.2, 0.25) is 0 Å². The quantitative estimate of drug-likeness (QED) is 0.858. The van der Waals surface area contributed by atoms with Crippen molar-refractivity contribution in [3.8, 4) is 0 Å². The molecule has 1 aliphatic rings. The van der Waals surface area contributed by atoms with Crippen LogP contribution in [0.15, 0.2) is 24.3 Å². The van der Waals surface area contributed by atoms with E-state index in [1.54, 1.807) is 18.2 Å². The van der Waals surface area contributed by atoms with Gasteiger partial charge in [-0.3, -0.25) is 0 Å². The van der Waals surface area contributed by atoms with Crippen molar-refractivity contribution in [2.24, 2.45) is 5.92 Å². The molecule has 0 amide bonds.